The Bertz CT molecular complexity index is 860. The van der Waals surface area contributed by atoms with Gasteiger partial charge in [-0.3, -0.25) is 14.5 Å². The SMILES string of the molecule is O=C(N[C@@H]1CCc2ccccc21)c1ccc(CN2C(=O)CNC2=O)cc1. The summed E-state index contributed by atoms with van der Waals surface area (Å²) in [6, 6.07) is 14.9. The summed E-state index contributed by atoms with van der Waals surface area (Å²) in [5.74, 6) is -0.357. The van der Waals surface area contributed by atoms with Crippen molar-refractivity contribution in [3.8, 4) is 0 Å². The number of hydrogen-bond donors (Lipinski definition) is 2. The van der Waals surface area contributed by atoms with Crippen LogP contribution < -0.4 is 10.6 Å². The molecule has 2 aromatic carbocycles. The van der Waals surface area contributed by atoms with Gasteiger partial charge in [0.2, 0.25) is 5.91 Å². The van der Waals surface area contributed by atoms with Crippen LogP contribution in [-0.2, 0) is 17.8 Å². The average molecular weight is 349 g/mol. The van der Waals surface area contributed by atoms with E-state index in [1.54, 1.807) is 24.3 Å². The van der Waals surface area contributed by atoms with Crippen molar-refractivity contribution in [2.75, 3.05) is 6.54 Å². The van der Waals surface area contributed by atoms with E-state index < -0.39 is 0 Å². The molecule has 0 spiro atoms. The van der Waals surface area contributed by atoms with Crippen molar-refractivity contribution in [1.82, 2.24) is 15.5 Å². The van der Waals surface area contributed by atoms with E-state index in [9.17, 15) is 14.4 Å². The highest BCUT2D eigenvalue weighted by molar-refractivity contribution is 6.01. The Morgan fingerprint density at radius 3 is 2.62 bits per heavy atom. The maximum atomic E-state index is 12.5. The van der Waals surface area contributed by atoms with E-state index in [-0.39, 0.29) is 37.0 Å². The second-order valence-electron chi connectivity index (χ2n) is 6.60. The third-order valence-electron chi connectivity index (χ3n) is 4.93. The Morgan fingerprint density at radius 1 is 1.12 bits per heavy atom. The number of fused-ring (bicyclic) bond motifs is 1. The fraction of sp³-hybridized carbons (Fsp3) is 0.250. The van der Waals surface area contributed by atoms with Crippen molar-refractivity contribution < 1.29 is 14.4 Å². The van der Waals surface area contributed by atoms with Crippen molar-refractivity contribution in [2.45, 2.75) is 25.4 Å². The Balaban J connectivity index is 1.41. The number of carbonyl (C=O) groups is 3. The zero-order valence-corrected chi connectivity index (χ0v) is 14.2. The summed E-state index contributed by atoms with van der Waals surface area (Å²) in [5, 5.41) is 5.58. The van der Waals surface area contributed by atoms with E-state index in [2.05, 4.69) is 22.8 Å². The maximum Gasteiger partial charge on any atom is 0.324 e. The number of carbonyl (C=O) groups excluding carboxylic acids is 3. The van der Waals surface area contributed by atoms with Gasteiger partial charge in [-0.2, -0.15) is 0 Å². The molecule has 6 nitrogen and oxygen atoms in total. The zero-order chi connectivity index (χ0) is 18.1. The van der Waals surface area contributed by atoms with Crippen LogP contribution in [0.5, 0.6) is 0 Å². The van der Waals surface area contributed by atoms with Gasteiger partial charge in [0.05, 0.1) is 19.1 Å². The molecule has 0 aromatic heterocycles. The first-order chi connectivity index (χ1) is 12.6. The molecular weight excluding hydrogens is 330 g/mol. The second kappa shape index (κ2) is 6.63. The van der Waals surface area contributed by atoms with E-state index in [1.807, 2.05) is 12.1 Å². The van der Waals surface area contributed by atoms with Gasteiger partial charge in [0.1, 0.15) is 0 Å². The standard InChI is InChI=1S/C20H19N3O3/c24-18-11-21-20(26)23(18)12-13-5-7-15(8-6-13)19(25)22-17-10-9-14-3-1-2-4-16(14)17/h1-8,17H,9-12H2,(H,21,26)(H,22,25)/t17-/m1/s1. The molecule has 1 heterocycles. The summed E-state index contributed by atoms with van der Waals surface area (Å²) in [7, 11) is 0. The van der Waals surface area contributed by atoms with Crippen LogP contribution in [0.4, 0.5) is 4.79 Å². The fourth-order valence-electron chi connectivity index (χ4n) is 3.51. The average Bonchev–Trinajstić information content (AvgIpc) is 3.21. The smallest absolute Gasteiger partial charge is 0.324 e. The summed E-state index contributed by atoms with van der Waals surface area (Å²) in [5.41, 5.74) is 3.85. The van der Waals surface area contributed by atoms with Gasteiger partial charge in [0.25, 0.3) is 5.91 Å². The molecule has 4 rings (SSSR count). The van der Waals surface area contributed by atoms with Gasteiger partial charge in [0, 0.05) is 5.56 Å². The van der Waals surface area contributed by atoms with Crippen LogP contribution in [0.2, 0.25) is 0 Å². The molecule has 2 aromatic rings. The number of nitrogens with one attached hydrogen (secondary N) is 2. The highest BCUT2D eigenvalue weighted by Gasteiger charge is 2.28. The first-order valence-corrected chi connectivity index (χ1v) is 8.67. The van der Waals surface area contributed by atoms with Gasteiger partial charge < -0.3 is 10.6 Å². The largest absolute Gasteiger partial charge is 0.345 e. The van der Waals surface area contributed by atoms with Crippen LogP contribution in [0, 0.1) is 0 Å². The molecule has 1 fully saturated rings. The molecule has 1 saturated heterocycles. The molecule has 1 aliphatic heterocycles. The zero-order valence-electron chi connectivity index (χ0n) is 14.2. The Morgan fingerprint density at radius 2 is 1.88 bits per heavy atom. The van der Waals surface area contributed by atoms with E-state index >= 15 is 0 Å². The normalized spacial score (nSPS) is 18.6. The predicted octanol–water partition coefficient (Wildman–Crippen LogP) is 2.16. The molecule has 132 valence electrons. The summed E-state index contributed by atoms with van der Waals surface area (Å²) >= 11 is 0. The molecule has 2 aliphatic rings. The summed E-state index contributed by atoms with van der Waals surface area (Å²) in [4.78, 5) is 36.9. The molecule has 26 heavy (non-hydrogen) atoms. The number of benzene rings is 2. The summed E-state index contributed by atoms with van der Waals surface area (Å²) < 4.78 is 0. The van der Waals surface area contributed by atoms with E-state index in [4.69, 9.17) is 0 Å². The summed E-state index contributed by atoms with van der Waals surface area (Å²) in [6.07, 6.45) is 1.89. The first-order valence-electron chi connectivity index (χ1n) is 8.67. The number of aryl methyl sites for hydroxylation is 1. The Kier molecular flexibility index (Phi) is 4.16. The van der Waals surface area contributed by atoms with E-state index in [1.165, 1.54) is 16.0 Å². The third-order valence-corrected chi connectivity index (χ3v) is 4.93. The van der Waals surface area contributed by atoms with Crippen LogP contribution in [0.15, 0.2) is 48.5 Å². The molecule has 1 aliphatic carbocycles. The van der Waals surface area contributed by atoms with Gasteiger partial charge in [-0.25, -0.2) is 4.79 Å². The van der Waals surface area contributed by atoms with Gasteiger partial charge in [0.15, 0.2) is 0 Å². The van der Waals surface area contributed by atoms with Crippen molar-refractivity contribution in [3.63, 3.8) is 0 Å². The number of imide groups is 1. The lowest BCUT2D eigenvalue weighted by molar-refractivity contribution is -0.125. The minimum atomic E-state index is -0.378. The molecule has 4 amide bonds. The lowest BCUT2D eigenvalue weighted by Gasteiger charge is -2.15. The van der Waals surface area contributed by atoms with Gasteiger partial charge in [-0.15, -0.1) is 0 Å². The molecule has 0 unspecified atom stereocenters. The van der Waals surface area contributed by atoms with Gasteiger partial charge in [-0.05, 0) is 41.7 Å². The van der Waals surface area contributed by atoms with Crippen LogP contribution in [0.25, 0.3) is 0 Å². The summed E-state index contributed by atoms with van der Waals surface area (Å²) in [6.45, 7) is 0.255. The fourth-order valence-corrected chi connectivity index (χ4v) is 3.51. The lowest BCUT2D eigenvalue weighted by atomic mass is 10.1. The minimum Gasteiger partial charge on any atom is -0.345 e. The van der Waals surface area contributed by atoms with Crippen LogP contribution in [-0.4, -0.2) is 29.3 Å². The van der Waals surface area contributed by atoms with Crippen molar-refractivity contribution in [2.24, 2.45) is 0 Å². The monoisotopic (exact) mass is 349 g/mol. The molecule has 0 radical (unpaired) electrons. The van der Waals surface area contributed by atoms with E-state index in [0.717, 1.165) is 18.4 Å². The minimum absolute atomic E-state index is 0.0438. The van der Waals surface area contributed by atoms with Crippen molar-refractivity contribution in [3.05, 3.63) is 70.8 Å². The Labute approximate surface area is 151 Å². The maximum absolute atomic E-state index is 12.5. The van der Waals surface area contributed by atoms with Crippen molar-refractivity contribution >= 4 is 17.8 Å². The van der Waals surface area contributed by atoms with Crippen LogP contribution in [0.1, 0.15) is 39.5 Å². The Hall–Kier alpha value is -3.15. The van der Waals surface area contributed by atoms with Crippen LogP contribution >= 0.6 is 0 Å². The molecule has 6 heteroatoms. The molecule has 2 N–H and O–H groups in total. The second-order valence-corrected chi connectivity index (χ2v) is 6.60. The number of rotatable bonds is 4. The van der Waals surface area contributed by atoms with Gasteiger partial charge in [-0.1, -0.05) is 36.4 Å². The lowest BCUT2D eigenvalue weighted by Crippen LogP contribution is -2.30. The predicted molar refractivity (Wildman–Crippen MR) is 95.4 cm³/mol. The molecule has 0 bridgehead atoms. The number of urea groups is 1. The van der Waals surface area contributed by atoms with E-state index in [0.29, 0.717) is 5.56 Å². The molecular formula is C20H19N3O3. The highest BCUT2D eigenvalue weighted by atomic mass is 16.2. The molecule has 1 atom stereocenters. The number of hydrogen-bond acceptors (Lipinski definition) is 3. The highest BCUT2D eigenvalue weighted by Crippen LogP contribution is 2.30. The van der Waals surface area contributed by atoms with Gasteiger partial charge >= 0.3 is 6.03 Å². The quantitative estimate of drug-likeness (QED) is 0.830. The topological polar surface area (TPSA) is 78.5 Å². The third kappa shape index (κ3) is 3.06. The van der Waals surface area contributed by atoms with Crippen molar-refractivity contribution in [1.29, 1.82) is 0 Å². The molecule has 0 saturated carbocycles. The number of nitrogens with zero attached hydrogens (tertiary/aromatic N) is 1. The first kappa shape index (κ1) is 16.3. The number of amides is 4. The van der Waals surface area contributed by atoms with Crippen LogP contribution in [0.3, 0.4) is 0 Å².